The molecular weight excluding hydrogens is 432 g/mol. The third-order valence-electron chi connectivity index (χ3n) is 5.53. The number of fused-ring (bicyclic) bond motifs is 2. The summed E-state index contributed by atoms with van der Waals surface area (Å²) in [6.07, 6.45) is 3.96. The van der Waals surface area contributed by atoms with Crippen molar-refractivity contribution in [2.45, 2.75) is 19.3 Å². The van der Waals surface area contributed by atoms with E-state index in [-0.39, 0.29) is 31.6 Å². The molecule has 5 rings (SSSR count). The van der Waals surface area contributed by atoms with E-state index in [1.165, 1.54) is 22.2 Å². The Morgan fingerprint density at radius 1 is 1.16 bits per heavy atom. The Labute approximate surface area is 189 Å². The van der Waals surface area contributed by atoms with E-state index in [0.717, 1.165) is 24.1 Å². The number of carbonyl (C=O) groups excluding carboxylic acids is 2. The Morgan fingerprint density at radius 3 is 2.90 bits per heavy atom. The van der Waals surface area contributed by atoms with E-state index < -0.39 is 0 Å². The van der Waals surface area contributed by atoms with Gasteiger partial charge in [0.25, 0.3) is 5.91 Å². The van der Waals surface area contributed by atoms with Crippen LogP contribution in [-0.4, -0.2) is 40.9 Å². The number of benzene rings is 2. The molecule has 31 heavy (non-hydrogen) atoms. The van der Waals surface area contributed by atoms with Crippen molar-refractivity contribution in [3.05, 3.63) is 58.5 Å². The molecule has 0 aliphatic carbocycles. The van der Waals surface area contributed by atoms with E-state index in [1.807, 2.05) is 41.3 Å². The van der Waals surface area contributed by atoms with Crippen molar-refractivity contribution in [1.29, 1.82) is 0 Å². The number of rotatable bonds is 4. The molecule has 2 aromatic rings. The molecule has 0 spiro atoms. The summed E-state index contributed by atoms with van der Waals surface area (Å²) < 4.78 is 11.2. The number of para-hydroxylation sites is 1. The zero-order chi connectivity index (χ0) is 21.4. The Hall–Kier alpha value is -2.84. The summed E-state index contributed by atoms with van der Waals surface area (Å²) in [5.41, 5.74) is 3.01. The van der Waals surface area contributed by atoms with Gasteiger partial charge in [0.2, 0.25) is 12.7 Å². The second kappa shape index (κ2) is 8.36. The van der Waals surface area contributed by atoms with E-state index in [0.29, 0.717) is 27.3 Å². The summed E-state index contributed by atoms with van der Waals surface area (Å²) in [7, 11) is 0. The molecule has 0 atom stereocenters. The second-order valence-electron chi connectivity index (χ2n) is 7.47. The predicted octanol–water partition coefficient (Wildman–Crippen LogP) is 3.99. The largest absolute Gasteiger partial charge is 0.454 e. The maximum atomic E-state index is 12.9. The van der Waals surface area contributed by atoms with Crippen LogP contribution in [0.2, 0.25) is 0 Å². The van der Waals surface area contributed by atoms with Crippen LogP contribution >= 0.6 is 24.0 Å². The monoisotopic (exact) mass is 452 g/mol. The van der Waals surface area contributed by atoms with Crippen molar-refractivity contribution in [2.24, 2.45) is 0 Å². The van der Waals surface area contributed by atoms with Gasteiger partial charge in [-0.3, -0.25) is 14.5 Å². The van der Waals surface area contributed by atoms with Gasteiger partial charge in [-0.25, -0.2) is 0 Å². The number of thioether (sulfide) groups is 1. The van der Waals surface area contributed by atoms with Crippen LogP contribution in [0.25, 0.3) is 6.08 Å². The topological polar surface area (TPSA) is 59.1 Å². The summed E-state index contributed by atoms with van der Waals surface area (Å²) >= 11 is 6.68. The number of thiocarbonyl (C=S) groups is 1. The van der Waals surface area contributed by atoms with Crippen molar-refractivity contribution < 1.29 is 19.1 Å². The highest BCUT2D eigenvalue weighted by atomic mass is 32.2. The molecule has 0 aromatic heterocycles. The fourth-order valence-corrected chi connectivity index (χ4v) is 5.29. The molecule has 158 valence electrons. The van der Waals surface area contributed by atoms with E-state index >= 15 is 0 Å². The average Bonchev–Trinajstić information content (AvgIpc) is 3.35. The van der Waals surface area contributed by atoms with Crippen LogP contribution in [0.15, 0.2) is 47.4 Å². The number of amides is 2. The zero-order valence-corrected chi connectivity index (χ0v) is 18.3. The highest BCUT2D eigenvalue weighted by molar-refractivity contribution is 8.26. The lowest BCUT2D eigenvalue weighted by Crippen LogP contribution is -2.38. The molecule has 0 bridgehead atoms. The van der Waals surface area contributed by atoms with Gasteiger partial charge in [0.15, 0.2) is 11.5 Å². The van der Waals surface area contributed by atoms with Gasteiger partial charge >= 0.3 is 0 Å². The van der Waals surface area contributed by atoms with Crippen molar-refractivity contribution in [3.8, 4) is 11.5 Å². The number of hydrogen-bond donors (Lipinski definition) is 0. The van der Waals surface area contributed by atoms with Gasteiger partial charge in [-0.05, 0) is 48.2 Å². The molecule has 3 aliphatic heterocycles. The summed E-state index contributed by atoms with van der Waals surface area (Å²) in [6, 6.07) is 13.5. The molecule has 3 heterocycles. The molecule has 0 radical (unpaired) electrons. The first-order valence-corrected chi connectivity index (χ1v) is 11.4. The van der Waals surface area contributed by atoms with Gasteiger partial charge < -0.3 is 14.4 Å². The minimum atomic E-state index is -0.167. The first-order chi connectivity index (χ1) is 15.1. The van der Waals surface area contributed by atoms with Gasteiger partial charge in [0.1, 0.15) is 4.32 Å². The zero-order valence-electron chi connectivity index (χ0n) is 16.7. The molecule has 1 fully saturated rings. The highest BCUT2D eigenvalue weighted by Gasteiger charge is 2.33. The first kappa shape index (κ1) is 20.1. The fraction of sp³-hybridized carbons (Fsp3) is 0.261. The lowest BCUT2D eigenvalue weighted by atomic mass is 10.0. The number of aryl methyl sites for hydroxylation is 1. The quantitative estimate of drug-likeness (QED) is 0.517. The average molecular weight is 453 g/mol. The summed E-state index contributed by atoms with van der Waals surface area (Å²) in [4.78, 5) is 29.7. The minimum absolute atomic E-state index is 0.0148. The third kappa shape index (κ3) is 3.93. The Bertz CT molecular complexity index is 1110. The van der Waals surface area contributed by atoms with E-state index in [4.69, 9.17) is 21.7 Å². The Morgan fingerprint density at radius 2 is 2.00 bits per heavy atom. The van der Waals surface area contributed by atoms with Gasteiger partial charge in [-0.15, -0.1) is 0 Å². The summed E-state index contributed by atoms with van der Waals surface area (Å²) in [5, 5.41) is 0. The van der Waals surface area contributed by atoms with E-state index in [2.05, 4.69) is 6.07 Å². The van der Waals surface area contributed by atoms with E-state index in [9.17, 15) is 9.59 Å². The lowest BCUT2D eigenvalue weighted by Gasteiger charge is -2.30. The summed E-state index contributed by atoms with van der Waals surface area (Å²) in [6.45, 7) is 1.19. The standard InChI is InChI=1S/C23H20N2O4S2/c26-21(24-10-3-5-16-4-1-2-6-17(16)24)9-11-25-22(27)20(31-23(25)30)13-15-7-8-18-19(12-15)29-14-28-18/h1-2,4,6-8,12-13H,3,5,9-11,14H2. The van der Waals surface area contributed by atoms with Crippen LogP contribution in [-0.2, 0) is 16.0 Å². The number of hydrogen-bond acceptors (Lipinski definition) is 6. The number of carbonyl (C=O) groups is 2. The smallest absolute Gasteiger partial charge is 0.266 e. The van der Waals surface area contributed by atoms with Crippen molar-refractivity contribution in [3.63, 3.8) is 0 Å². The molecule has 2 amide bonds. The number of anilines is 1. The molecule has 8 heteroatoms. The van der Waals surface area contributed by atoms with E-state index in [1.54, 1.807) is 6.08 Å². The molecule has 1 saturated heterocycles. The minimum Gasteiger partial charge on any atom is -0.454 e. The van der Waals surface area contributed by atoms with Crippen molar-refractivity contribution in [1.82, 2.24) is 4.90 Å². The molecule has 0 unspecified atom stereocenters. The maximum Gasteiger partial charge on any atom is 0.266 e. The summed E-state index contributed by atoms with van der Waals surface area (Å²) in [5.74, 6) is 1.21. The third-order valence-corrected chi connectivity index (χ3v) is 6.91. The highest BCUT2D eigenvalue weighted by Crippen LogP contribution is 2.36. The van der Waals surface area contributed by atoms with Gasteiger partial charge in [0.05, 0.1) is 4.91 Å². The van der Waals surface area contributed by atoms with Crippen molar-refractivity contribution in [2.75, 3.05) is 24.8 Å². The Kier molecular flexibility index (Phi) is 5.41. The molecule has 0 saturated carbocycles. The second-order valence-corrected chi connectivity index (χ2v) is 9.15. The molecule has 2 aromatic carbocycles. The van der Waals surface area contributed by atoms with Gasteiger partial charge in [-0.1, -0.05) is 48.2 Å². The first-order valence-electron chi connectivity index (χ1n) is 10.1. The van der Waals surface area contributed by atoms with Crippen LogP contribution in [0.3, 0.4) is 0 Å². The molecule has 6 nitrogen and oxygen atoms in total. The van der Waals surface area contributed by atoms with Crippen LogP contribution in [0.5, 0.6) is 11.5 Å². The maximum absolute atomic E-state index is 12.9. The van der Waals surface area contributed by atoms with Crippen molar-refractivity contribution >= 4 is 51.9 Å². The molecule has 0 N–H and O–H groups in total. The normalized spacial score (nSPS) is 18.6. The fourth-order valence-electron chi connectivity index (χ4n) is 3.98. The molecule has 3 aliphatic rings. The van der Waals surface area contributed by atoms with Crippen LogP contribution < -0.4 is 14.4 Å². The SMILES string of the molecule is O=C1C(=Cc2ccc3c(c2)OCO3)SC(=S)N1CCC(=O)N1CCCc2ccccc21. The molecular formula is C23H20N2O4S2. The van der Waals surface area contributed by atoms with Crippen LogP contribution in [0.1, 0.15) is 24.0 Å². The van der Waals surface area contributed by atoms with Crippen LogP contribution in [0.4, 0.5) is 5.69 Å². The predicted molar refractivity (Wildman–Crippen MR) is 124 cm³/mol. The Balaban J connectivity index is 1.26. The van der Waals surface area contributed by atoms with Gasteiger partial charge in [0, 0.05) is 25.2 Å². The lowest BCUT2D eigenvalue weighted by molar-refractivity contribution is -0.123. The van der Waals surface area contributed by atoms with Crippen LogP contribution in [0, 0.1) is 0 Å². The number of ether oxygens (including phenoxy) is 2. The number of nitrogens with zero attached hydrogens (tertiary/aromatic N) is 2. The van der Waals surface area contributed by atoms with Gasteiger partial charge in [-0.2, -0.15) is 0 Å².